The van der Waals surface area contributed by atoms with E-state index < -0.39 is 49.4 Å². The van der Waals surface area contributed by atoms with Gasteiger partial charge in [0.25, 0.3) is 11.8 Å². The topological polar surface area (TPSA) is 129 Å². The molecule has 3 atom stereocenters. The zero-order valence-electron chi connectivity index (χ0n) is 23.0. The molecule has 0 radical (unpaired) electrons. The number of carbonyl (C=O) groups is 3. The molecular formula is C28H29F3N6O4. The number of fused-ring (bicyclic) bond motifs is 1. The first-order chi connectivity index (χ1) is 20.1. The highest BCUT2D eigenvalue weighted by atomic mass is 19.3. The third kappa shape index (κ3) is 5.44. The highest BCUT2D eigenvalue weighted by molar-refractivity contribution is 6.05. The van der Waals surface area contributed by atoms with Crippen LogP contribution >= 0.6 is 0 Å². The third-order valence-electron chi connectivity index (χ3n) is 7.89. The standard InChI is InChI=1S/C28H29F3N6O4/c1-41-26-19(24(38)34-22-13-37(12-20(22)29)27(40)15-6-7-28(30,31)10-15)8-16(11-32-26)14-2-5-18-21(9-14)35-36-23(18)25(39)33-17-3-4-17/h2,5,8-9,11,15,17,20,22H,3-4,6-7,10,12-13H2,1H3,(H,33,39)(H,34,38)(H,35,36)/t15?,20-,22+/m0/s1/i1D. The summed E-state index contributed by atoms with van der Waals surface area (Å²) in [5.74, 6) is -5.39. The average molecular weight is 572 g/mol. The second-order valence-electron chi connectivity index (χ2n) is 10.9. The number of H-pyrrole nitrogens is 1. The van der Waals surface area contributed by atoms with Gasteiger partial charge < -0.3 is 20.3 Å². The molecule has 1 unspecified atom stereocenters. The lowest BCUT2D eigenvalue weighted by Crippen LogP contribution is -2.42. The van der Waals surface area contributed by atoms with Crippen molar-refractivity contribution in [2.24, 2.45) is 5.92 Å². The van der Waals surface area contributed by atoms with Crippen molar-refractivity contribution in [3.63, 3.8) is 0 Å². The molecule has 1 aromatic carbocycles. The molecule has 1 aliphatic heterocycles. The van der Waals surface area contributed by atoms with Gasteiger partial charge in [0.05, 0.1) is 26.6 Å². The highest BCUT2D eigenvalue weighted by Gasteiger charge is 2.46. The first kappa shape index (κ1) is 25.8. The maximum Gasteiger partial charge on any atom is 0.272 e. The van der Waals surface area contributed by atoms with Gasteiger partial charge in [0.1, 0.15) is 11.7 Å². The number of amides is 3. The fourth-order valence-corrected chi connectivity index (χ4v) is 5.49. The maximum atomic E-state index is 14.9. The fraction of sp³-hybridized carbons (Fsp3) is 0.464. The van der Waals surface area contributed by atoms with E-state index in [2.05, 4.69) is 25.8 Å². The van der Waals surface area contributed by atoms with Crippen molar-refractivity contribution in [1.29, 1.82) is 0 Å². The van der Waals surface area contributed by atoms with Gasteiger partial charge in [0.2, 0.25) is 17.7 Å². The van der Waals surface area contributed by atoms with Gasteiger partial charge in [-0.1, -0.05) is 6.07 Å². The molecule has 13 heteroatoms. The molecule has 41 heavy (non-hydrogen) atoms. The number of pyridine rings is 1. The normalized spacial score (nSPS) is 23.8. The highest BCUT2D eigenvalue weighted by Crippen LogP contribution is 2.40. The minimum atomic E-state index is -2.90. The minimum Gasteiger partial charge on any atom is -0.480 e. The Labute approximate surface area is 234 Å². The van der Waals surface area contributed by atoms with Gasteiger partial charge in [-0.25, -0.2) is 18.2 Å². The molecule has 3 N–H and O–H groups in total. The molecule has 3 amide bonds. The fourth-order valence-electron chi connectivity index (χ4n) is 5.49. The molecular weight excluding hydrogens is 541 g/mol. The largest absolute Gasteiger partial charge is 0.480 e. The summed E-state index contributed by atoms with van der Waals surface area (Å²) in [5, 5.41) is 13.1. The quantitative estimate of drug-likeness (QED) is 0.400. The SMILES string of the molecule is [2H]COc1ncc(-c2ccc3c(C(=O)NC4CC4)n[nH]c3c2)cc1C(=O)N[C@@H]1CN(C(=O)C2CCC(F)(F)C2)C[C@@H]1F. The molecule has 3 fully saturated rings. The van der Waals surface area contributed by atoms with Gasteiger partial charge in [-0.3, -0.25) is 19.5 Å². The van der Waals surface area contributed by atoms with Gasteiger partial charge in [-0.05, 0) is 43.0 Å². The predicted octanol–water partition coefficient (Wildman–Crippen LogP) is 3.24. The van der Waals surface area contributed by atoms with Crippen LogP contribution in [0, 0.1) is 5.92 Å². The zero-order valence-corrected chi connectivity index (χ0v) is 22.0. The number of hydrogen-bond donors (Lipinski definition) is 3. The van der Waals surface area contributed by atoms with Crippen molar-refractivity contribution >= 4 is 28.6 Å². The number of aromatic amines is 1. The average Bonchev–Trinajstić information content (AvgIpc) is 3.37. The number of benzene rings is 1. The molecule has 6 rings (SSSR count). The van der Waals surface area contributed by atoms with Crippen LogP contribution in [0.3, 0.4) is 0 Å². The van der Waals surface area contributed by atoms with E-state index in [-0.39, 0.29) is 55.0 Å². The van der Waals surface area contributed by atoms with Crippen LogP contribution in [-0.2, 0) is 4.79 Å². The number of halogens is 3. The Morgan fingerprint density at radius 3 is 2.68 bits per heavy atom. The molecule has 0 bridgehead atoms. The van der Waals surface area contributed by atoms with Gasteiger partial charge in [0, 0.05) is 48.5 Å². The lowest BCUT2D eigenvalue weighted by atomic mass is 10.0. The molecule has 2 saturated carbocycles. The van der Waals surface area contributed by atoms with Gasteiger partial charge in [-0.2, -0.15) is 5.10 Å². The van der Waals surface area contributed by atoms with Crippen LogP contribution in [0.25, 0.3) is 22.0 Å². The summed E-state index contributed by atoms with van der Waals surface area (Å²) in [6.45, 7) is -0.451. The van der Waals surface area contributed by atoms with Crippen molar-refractivity contribution in [1.82, 2.24) is 30.7 Å². The molecule has 2 aliphatic carbocycles. The smallest absolute Gasteiger partial charge is 0.272 e. The van der Waals surface area contributed by atoms with Crippen LogP contribution in [-0.4, -0.2) is 82.2 Å². The minimum absolute atomic E-state index is 0.0404. The van der Waals surface area contributed by atoms with Crippen LogP contribution < -0.4 is 15.4 Å². The van der Waals surface area contributed by atoms with Crippen molar-refractivity contribution in [3.8, 4) is 17.0 Å². The number of likely N-dealkylation sites (tertiary alicyclic amines) is 1. The van der Waals surface area contributed by atoms with Gasteiger partial charge >= 0.3 is 0 Å². The summed E-state index contributed by atoms with van der Waals surface area (Å²) in [6.07, 6.45) is 0.890. The predicted molar refractivity (Wildman–Crippen MR) is 141 cm³/mol. The van der Waals surface area contributed by atoms with Crippen LogP contribution in [0.1, 0.15) is 54.3 Å². The summed E-state index contributed by atoms with van der Waals surface area (Å²) in [4.78, 5) is 43.9. The summed E-state index contributed by atoms with van der Waals surface area (Å²) >= 11 is 0. The van der Waals surface area contributed by atoms with E-state index in [1.54, 1.807) is 18.2 Å². The van der Waals surface area contributed by atoms with Crippen LogP contribution in [0.4, 0.5) is 13.2 Å². The number of rotatable bonds is 7. The number of aromatic nitrogens is 3. The second kappa shape index (κ2) is 10.3. The summed E-state index contributed by atoms with van der Waals surface area (Å²) in [7, 11) is -0.512. The van der Waals surface area contributed by atoms with E-state index in [9.17, 15) is 27.6 Å². The van der Waals surface area contributed by atoms with Gasteiger partial charge in [-0.15, -0.1) is 0 Å². The zero-order chi connectivity index (χ0) is 29.6. The van der Waals surface area contributed by atoms with Crippen LogP contribution in [0.5, 0.6) is 5.88 Å². The second-order valence-corrected chi connectivity index (χ2v) is 10.9. The first-order valence-electron chi connectivity index (χ1n) is 14.2. The van der Waals surface area contributed by atoms with Crippen LogP contribution in [0.2, 0.25) is 0 Å². The maximum absolute atomic E-state index is 14.9. The Balaban J connectivity index is 1.19. The summed E-state index contributed by atoms with van der Waals surface area (Å²) in [5.41, 5.74) is 2.00. The Morgan fingerprint density at radius 1 is 1.12 bits per heavy atom. The molecule has 10 nitrogen and oxygen atoms in total. The monoisotopic (exact) mass is 571 g/mol. The number of ether oxygens (including phenoxy) is 1. The molecule has 3 heterocycles. The Morgan fingerprint density at radius 2 is 1.95 bits per heavy atom. The molecule has 2 aromatic heterocycles. The molecule has 216 valence electrons. The van der Waals surface area contributed by atoms with Crippen molar-refractivity contribution in [3.05, 3.63) is 41.7 Å². The first-order valence-corrected chi connectivity index (χ1v) is 13.4. The van der Waals surface area contributed by atoms with E-state index >= 15 is 0 Å². The third-order valence-corrected chi connectivity index (χ3v) is 7.89. The number of hydrogen-bond acceptors (Lipinski definition) is 6. The number of nitrogens with one attached hydrogen (secondary N) is 3. The van der Waals surface area contributed by atoms with Gasteiger partial charge in [0.15, 0.2) is 5.69 Å². The summed E-state index contributed by atoms with van der Waals surface area (Å²) < 4.78 is 54.8. The van der Waals surface area contributed by atoms with E-state index in [0.29, 0.717) is 22.0 Å². The Bertz CT molecular complexity index is 1550. The van der Waals surface area contributed by atoms with E-state index in [0.717, 1.165) is 12.8 Å². The van der Waals surface area contributed by atoms with Crippen molar-refractivity contribution in [2.45, 2.75) is 56.3 Å². The molecule has 3 aliphatic rings. The van der Waals surface area contributed by atoms with E-state index in [4.69, 9.17) is 6.11 Å². The number of carbonyl (C=O) groups excluding carboxylic acids is 3. The molecule has 3 aromatic rings. The Kier molecular flexibility index (Phi) is 6.51. The van der Waals surface area contributed by atoms with Crippen molar-refractivity contribution < 1.29 is 33.7 Å². The Hall–Kier alpha value is -4.16. The lowest BCUT2D eigenvalue weighted by molar-refractivity contribution is -0.135. The summed E-state index contributed by atoms with van der Waals surface area (Å²) in [6, 6.07) is 5.87. The molecule has 0 spiro atoms. The lowest BCUT2D eigenvalue weighted by Gasteiger charge is -2.20. The van der Waals surface area contributed by atoms with E-state index in [1.165, 1.54) is 17.2 Å². The molecule has 1 saturated heterocycles. The number of methoxy groups -OCH3 is 1. The number of nitrogens with zero attached hydrogens (tertiary/aromatic N) is 3. The number of alkyl halides is 3. The van der Waals surface area contributed by atoms with Crippen molar-refractivity contribution in [2.75, 3.05) is 20.2 Å². The van der Waals surface area contributed by atoms with E-state index in [1.807, 2.05) is 0 Å². The van der Waals surface area contributed by atoms with Crippen LogP contribution in [0.15, 0.2) is 30.5 Å².